The number of nitrogens with zero attached hydrogens (tertiary/aromatic N) is 1. The summed E-state index contributed by atoms with van der Waals surface area (Å²) in [6.45, 7) is 5.58. The van der Waals surface area contributed by atoms with Crippen LogP contribution in [0.15, 0.2) is 0 Å². The topological polar surface area (TPSA) is 40.5 Å². The van der Waals surface area contributed by atoms with Crippen LogP contribution in [0.3, 0.4) is 0 Å². The van der Waals surface area contributed by atoms with Gasteiger partial charge in [-0.15, -0.1) is 0 Å². The number of aliphatic hydroxyl groups excluding tert-OH is 1. The summed E-state index contributed by atoms with van der Waals surface area (Å²) in [6.07, 6.45) is 5.82. The van der Waals surface area contributed by atoms with Crippen LogP contribution in [-0.4, -0.2) is 35.1 Å². The Morgan fingerprint density at radius 1 is 1.38 bits per heavy atom. The average Bonchev–Trinajstić information content (AvgIpc) is 2.28. The maximum Gasteiger partial charge on any atom is 0.222 e. The van der Waals surface area contributed by atoms with Crippen LogP contribution in [0.4, 0.5) is 0 Å². The Labute approximate surface area is 98.8 Å². The van der Waals surface area contributed by atoms with E-state index in [0.29, 0.717) is 18.9 Å². The summed E-state index contributed by atoms with van der Waals surface area (Å²) in [5, 5.41) is 9.71. The van der Waals surface area contributed by atoms with Crippen molar-refractivity contribution in [3.8, 4) is 0 Å². The van der Waals surface area contributed by atoms with Crippen molar-refractivity contribution in [2.75, 3.05) is 13.1 Å². The molecule has 3 heteroatoms. The van der Waals surface area contributed by atoms with Gasteiger partial charge < -0.3 is 10.0 Å². The molecule has 1 aliphatic rings. The number of aliphatic hydroxyl groups is 1. The lowest BCUT2D eigenvalue weighted by atomic mass is 9.96. The van der Waals surface area contributed by atoms with E-state index in [0.717, 1.165) is 25.8 Å². The van der Waals surface area contributed by atoms with E-state index >= 15 is 0 Å². The molecule has 1 heterocycles. The second-order valence-corrected chi connectivity index (χ2v) is 4.98. The first kappa shape index (κ1) is 13.5. The molecule has 1 aliphatic heterocycles. The van der Waals surface area contributed by atoms with Gasteiger partial charge in [0.15, 0.2) is 0 Å². The number of carbonyl (C=O) groups excluding carboxylic acids is 1. The van der Waals surface area contributed by atoms with Crippen LogP contribution < -0.4 is 0 Å². The van der Waals surface area contributed by atoms with E-state index in [1.807, 2.05) is 11.8 Å². The summed E-state index contributed by atoms with van der Waals surface area (Å²) in [7, 11) is 0. The molecule has 0 aliphatic carbocycles. The number of β-amino-alcohol motifs (C(OH)–C–C–N with tert-alkyl or cyclic N) is 1. The predicted molar refractivity (Wildman–Crippen MR) is 65.1 cm³/mol. The molecule has 0 bridgehead atoms. The Bertz CT molecular complexity index is 218. The van der Waals surface area contributed by atoms with Crippen molar-refractivity contribution in [3.63, 3.8) is 0 Å². The molecule has 0 spiro atoms. The third-order valence-corrected chi connectivity index (χ3v) is 3.52. The summed E-state index contributed by atoms with van der Waals surface area (Å²) < 4.78 is 0. The van der Waals surface area contributed by atoms with Crippen LogP contribution in [0.25, 0.3) is 0 Å². The lowest BCUT2D eigenvalue weighted by molar-refractivity contribution is -0.135. The largest absolute Gasteiger partial charge is 0.391 e. The fourth-order valence-corrected chi connectivity index (χ4v) is 2.14. The number of unbranched alkanes of at least 4 members (excludes halogenated alkanes) is 3. The minimum Gasteiger partial charge on any atom is -0.391 e. The Balaban J connectivity index is 2.21. The zero-order valence-corrected chi connectivity index (χ0v) is 10.6. The summed E-state index contributed by atoms with van der Waals surface area (Å²) >= 11 is 0. The molecule has 1 rings (SSSR count). The maximum absolute atomic E-state index is 11.8. The van der Waals surface area contributed by atoms with E-state index in [1.165, 1.54) is 12.8 Å². The van der Waals surface area contributed by atoms with Crippen LogP contribution in [0.1, 0.15) is 52.4 Å². The van der Waals surface area contributed by atoms with E-state index in [4.69, 9.17) is 0 Å². The summed E-state index contributed by atoms with van der Waals surface area (Å²) in [4.78, 5) is 13.7. The zero-order chi connectivity index (χ0) is 12.0. The molecule has 2 unspecified atom stereocenters. The number of hydrogen-bond donors (Lipinski definition) is 1. The maximum atomic E-state index is 11.8. The third-order valence-electron chi connectivity index (χ3n) is 3.52. The van der Waals surface area contributed by atoms with Crippen LogP contribution in [0.5, 0.6) is 0 Å². The van der Waals surface area contributed by atoms with Gasteiger partial charge in [0, 0.05) is 19.5 Å². The quantitative estimate of drug-likeness (QED) is 0.731. The molecular weight excluding hydrogens is 202 g/mol. The van der Waals surface area contributed by atoms with Gasteiger partial charge in [0.1, 0.15) is 0 Å². The molecule has 0 radical (unpaired) electrons. The highest BCUT2D eigenvalue weighted by Crippen LogP contribution is 2.18. The third kappa shape index (κ3) is 4.12. The van der Waals surface area contributed by atoms with Gasteiger partial charge >= 0.3 is 0 Å². The van der Waals surface area contributed by atoms with Gasteiger partial charge in [-0.25, -0.2) is 0 Å². The van der Waals surface area contributed by atoms with Gasteiger partial charge in [-0.3, -0.25) is 4.79 Å². The lowest BCUT2D eigenvalue weighted by Gasteiger charge is -2.34. The van der Waals surface area contributed by atoms with Crippen molar-refractivity contribution in [3.05, 3.63) is 0 Å². The lowest BCUT2D eigenvalue weighted by Crippen LogP contribution is -2.45. The standard InChI is InChI=1S/C13H25NO2/c1-3-4-5-6-7-13(16)14-9-8-11(2)12(15)10-14/h11-12,15H,3-10H2,1-2H3. The molecule has 0 aromatic heterocycles. The fraction of sp³-hybridized carbons (Fsp3) is 0.923. The van der Waals surface area contributed by atoms with Crippen molar-refractivity contribution >= 4 is 5.91 Å². The predicted octanol–water partition coefficient (Wildman–Crippen LogP) is 2.19. The number of amides is 1. The zero-order valence-electron chi connectivity index (χ0n) is 10.6. The molecule has 1 fully saturated rings. The van der Waals surface area contributed by atoms with Gasteiger partial charge in [0.2, 0.25) is 5.91 Å². The average molecular weight is 227 g/mol. The molecular formula is C13H25NO2. The first-order valence-corrected chi connectivity index (χ1v) is 6.61. The second kappa shape index (κ2) is 6.89. The molecule has 94 valence electrons. The van der Waals surface area contributed by atoms with E-state index < -0.39 is 0 Å². The number of rotatable bonds is 5. The highest BCUT2D eigenvalue weighted by molar-refractivity contribution is 5.76. The van der Waals surface area contributed by atoms with Crippen molar-refractivity contribution in [1.29, 1.82) is 0 Å². The number of likely N-dealkylation sites (tertiary alicyclic amines) is 1. The van der Waals surface area contributed by atoms with Crippen LogP contribution in [0.2, 0.25) is 0 Å². The van der Waals surface area contributed by atoms with Crippen molar-refractivity contribution in [2.24, 2.45) is 5.92 Å². The van der Waals surface area contributed by atoms with Gasteiger partial charge in [0.25, 0.3) is 0 Å². The molecule has 0 aromatic carbocycles. The SMILES string of the molecule is CCCCCCC(=O)N1CCC(C)C(O)C1. The second-order valence-electron chi connectivity index (χ2n) is 4.98. The normalized spacial score (nSPS) is 25.8. The first-order valence-electron chi connectivity index (χ1n) is 6.61. The minimum atomic E-state index is -0.326. The molecule has 1 N–H and O–H groups in total. The van der Waals surface area contributed by atoms with Crippen molar-refractivity contribution < 1.29 is 9.90 Å². The fourth-order valence-electron chi connectivity index (χ4n) is 2.14. The highest BCUT2D eigenvalue weighted by Gasteiger charge is 2.26. The molecule has 0 saturated carbocycles. The van der Waals surface area contributed by atoms with E-state index in [2.05, 4.69) is 6.92 Å². The monoisotopic (exact) mass is 227 g/mol. The first-order chi connectivity index (χ1) is 7.65. The Hall–Kier alpha value is -0.570. The molecule has 1 amide bonds. The molecule has 2 atom stereocenters. The van der Waals surface area contributed by atoms with E-state index in [9.17, 15) is 9.90 Å². The molecule has 1 saturated heterocycles. The van der Waals surface area contributed by atoms with Gasteiger partial charge in [0.05, 0.1) is 6.10 Å². The van der Waals surface area contributed by atoms with Gasteiger partial charge in [-0.05, 0) is 18.8 Å². The Morgan fingerprint density at radius 3 is 2.75 bits per heavy atom. The van der Waals surface area contributed by atoms with E-state index in [1.54, 1.807) is 0 Å². The Kier molecular flexibility index (Phi) is 5.81. The Morgan fingerprint density at radius 2 is 2.12 bits per heavy atom. The molecule has 0 aromatic rings. The van der Waals surface area contributed by atoms with Crippen LogP contribution >= 0.6 is 0 Å². The van der Waals surface area contributed by atoms with Gasteiger partial charge in [-0.1, -0.05) is 33.1 Å². The number of carbonyl (C=O) groups is 1. The number of piperidine rings is 1. The molecule has 3 nitrogen and oxygen atoms in total. The van der Waals surface area contributed by atoms with Crippen molar-refractivity contribution in [2.45, 2.75) is 58.5 Å². The minimum absolute atomic E-state index is 0.224. The smallest absolute Gasteiger partial charge is 0.222 e. The highest BCUT2D eigenvalue weighted by atomic mass is 16.3. The van der Waals surface area contributed by atoms with Crippen LogP contribution in [0, 0.1) is 5.92 Å². The van der Waals surface area contributed by atoms with Gasteiger partial charge in [-0.2, -0.15) is 0 Å². The summed E-state index contributed by atoms with van der Waals surface area (Å²) in [5.41, 5.74) is 0. The van der Waals surface area contributed by atoms with Crippen LogP contribution in [-0.2, 0) is 4.79 Å². The summed E-state index contributed by atoms with van der Waals surface area (Å²) in [5.74, 6) is 0.561. The summed E-state index contributed by atoms with van der Waals surface area (Å²) in [6, 6.07) is 0. The van der Waals surface area contributed by atoms with E-state index in [-0.39, 0.29) is 12.0 Å². The van der Waals surface area contributed by atoms with Crippen molar-refractivity contribution in [1.82, 2.24) is 4.90 Å². The molecule has 16 heavy (non-hydrogen) atoms. The number of hydrogen-bond acceptors (Lipinski definition) is 2.